The van der Waals surface area contributed by atoms with E-state index in [1.807, 2.05) is 6.92 Å². The van der Waals surface area contributed by atoms with E-state index < -0.39 is 16.1 Å². The largest absolute Gasteiger partial charge is 0.324 e. The molecular formula is C21H23ClN6O3S. The van der Waals surface area contributed by atoms with Gasteiger partial charge in [-0.25, -0.2) is 13.1 Å². The zero-order valence-corrected chi connectivity index (χ0v) is 19.0. The fourth-order valence-corrected chi connectivity index (χ4v) is 4.12. The van der Waals surface area contributed by atoms with Crippen LogP contribution in [0.15, 0.2) is 61.2 Å². The highest BCUT2D eigenvalue weighted by atomic mass is 35.5. The molecule has 1 amide bonds. The van der Waals surface area contributed by atoms with Crippen LogP contribution in [0.25, 0.3) is 11.4 Å². The quantitative estimate of drug-likeness (QED) is 0.435. The molecule has 11 heteroatoms. The average Bonchev–Trinajstić information content (AvgIpc) is 3.24. The van der Waals surface area contributed by atoms with E-state index in [1.54, 1.807) is 48.5 Å². The summed E-state index contributed by atoms with van der Waals surface area (Å²) in [5, 5.41) is 15.8. The molecule has 1 aromatic heterocycles. The number of carbonyl (C=O) groups excluding carboxylic acids is 1. The van der Waals surface area contributed by atoms with E-state index in [2.05, 4.69) is 32.0 Å². The van der Waals surface area contributed by atoms with Crippen LogP contribution >= 0.6 is 11.6 Å². The number of hydrogen-bond acceptors (Lipinski definition) is 6. The molecule has 0 saturated carbocycles. The second kappa shape index (κ2) is 10.5. The van der Waals surface area contributed by atoms with E-state index >= 15 is 0 Å². The van der Waals surface area contributed by atoms with Crippen LogP contribution in [0.2, 0.25) is 5.02 Å². The molecule has 0 radical (unpaired) electrons. The van der Waals surface area contributed by atoms with Crippen LogP contribution in [0, 0.1) is 0 Å². The monoisotopic (exact) mass is 474 g/mol. The molecule has 32 heavy (non-hydrogen) atoms. The van der Waals surface area contributed by atoms with Gasteiger partial charge >= 0.3 is 0 Å². The third-order valence-corrected chi connectivity index (χ3v) is 6.10. The SMILES string of the molecule is C=CCNS(=O)(=O)Cc1ccc(NC(=O)C(CC)n2nnc(-c3ccc(Cl)cc3)n2)cc1. The van der Waals surface area contributed by atoms with Gasteiger partial charge in [0, 0.05) is 22.8 Å². The number of anilines is 1. The van der Waals surface area contributed by atoms with E-state index in [9.17, 15) is 13.2 Å². The first-order valence-electron chi connectivity index (χ1n) is 9.85. The summed E-state index contributed by atoms with van der Waals surface area (Å²) in [6.07, 6.45) is 1.93. The fraction of sp³-hybridized carbons (Fsp3) is 0.238. The minimum Gasteiger partial charge on any atom is -0.324 e. The topological polar surface area (TPSA) is 119 Å². The first-order chi connectivity index (χ1) is 15.3. The van der Waals surface area contributed by atoms with Gasteiger partial charge in [0.1, 0.15) is 0 Å². The Labute approximate surface area is 191 Å². The van der Waals surface area contributed by atoms with Gasteiger partial charge in [-0.3, -0.25) is 4.79 Å². The maximum absolute atomic E-state index is 12.8. The maximum Gasteiger partial charge on any atom is 0.251 e. The highest BCUT2D eigenvalue weighted by Crippen LogP contribution is 2.20. The predicted octanol–water partition coefficient (Wildman–Crippen LogP) is 3.19. The first kappa shape index (κ1) is 23.6. The lowest BCUT2D eigenvalue weighted by atomic mass is 10.2. The molecule has 0 aliphatic heterocycles. The Kier molecular flexibility index (Phi) is 7.73. The van der Waals surface area contributed by atoms with E-state index in [0.717, 1.165) is 5.56 Å². The highest BCUT2D eigenvalue weighted by molar-refractivity contribution is 7.88. The van der Waals surface area contributed by atoms with Crippen LogP contribution in [0.1, 0.15) is 24.9 Å². The van der Waals surface area contributed by atoms with Crippen molar-refractivity contribution in [1.29, 1.82) is 0 Å². The van der Waals surface area contributed by atoms with Crippen LogP contribution in [0.4, 0.5) is 5.69 Å². The number of sulfonamides is 1. The van der Waals surface area contributed by atoms with Crippen LogP contribution in [-0.2, 0) is 20.6 Å². The first-order valence-corrected chi connectivity index (χ1v) is 11.9. The summed E-state index contributed by atoms with van der Waals surface area (Å²) >= 11 is 5.91. The lowest BCUT2D eigenvalue weighted by Crippen LogP contribution is -2.27. The molecule has 0 bridgehead atoms. The van der Waals surface area contributed by atoms with Crippen molar-refractivity contribution in [2.45, 2.75) is 25.1 Å². The molecule has 0 aliphatic carbocycles. The van der Waals surface area contributed by atoms with Gasteiger partial charge in [0.25, 0.3) is 5.91 Å². The number of halogens is 1. The number of hydrogen-bond donors (Lipinski definition) is 2. The Balaban J connectivity index is 1.66. The van der Waals surface area contributed by atoms with Gasteiger partial charge in [-0.2, -0.15) is 4.80 Å². The van der Waals surface area contributed by atoms with Crippen molar-refractivity contribution in [3.63, 3.8) is 0 Å². The molecule has 2 aromatic carbocycles. The fourth-order valence-electron chi connectivity index (χ4n) is 2.89. The number of aromatic nitrogens is 4. The van der Waals surface area contributed by atoms with Crippen molar-refractivity contribution in [1.82, 2.24) is 24.9 Å². The van der Waals surface area contributed by atoms with Crippen LogP contribution in [-0.4, -0.2) is 41.1 Å². The molecule has 1 atom stereocenters. The molecule has 1 heterocycles. The Morgan fingerprint density at radius 2 is 1.88 bits per heavy atom. The molecule has 168 valence electrons. The zero-order valence-electron chi connectivity index (χ0n) is 17.4. The Morgan fingerprint density at radius 1 is 1.19 bits per heavy atom. The van der Waals surface area contributed by atoms with Crippen molar-refractivity contribution in [2.75, 3.05) is 11.9 Å². The van der Waals surface area contributed by atoms with Crippen molar-refractivity contribution in [3.05, 3.63) is 71.8 Å². The number of amides is 1. The molecule has 2 N–H and O–H groups in total. The summed E-state index contributed by atoms with van der Waals surface area (Å²) in [4.78, 5) is 14.1. The Morgan fingerprint density at radius 3 is 2.50 bits per heavy atom. The van der Waals surface area contributed by atoms with E-state index in [-0.39, 0.29) is 18.2 Å². The van der Waals surface area contributed by atoms with Gasteiger partial charge in [-0.15, -0.1) is 16.8 Å². The second-order valence-corrected chi connectivity index (χ2v) is 9.19. The van der Waals surface area contributed by atoms with E-state index in [1.165, 1.54) is 10.9 Å². The second-order valence-electron chi connectivity index (χ2n) is 6.95. The number of rotatable bonds is 10. The minimum atomic E-state index is -3.45. The lowest BCUT2D eigenvalue weighted by Gasteiger charge is -2.14. The third-order valence-electron chi connectivity index (χ3n) is 4.52. The molecular weight excluding hydrogens is 452 g/mol. The molecule has 3 rings (SSSR count). The standard InChI is InChI=1S/C21H23ClN6O3S/c1-3-13-23-32(30,31)14-15-5-11-18(12-6-15)24-21(29)19(4-2)28-26-20(25-27-28)16-7-9-17(22)10-8-16/h3,5-12,19,23H,1,4,13-14H2,2H3,(H,24,29). The Hall–Kier alpha value is -3.08. The van der Waals surface area contributed by atoms with Crippen LogP contribution in [0.3, 0.4) is 0 Å². The normalized spacial score (nSPS) is 12.3. The summed E-state index contributed by atoms with van der Waals surface area (Å²) in [6.45, 7) is 5.50. The van der Waals surface area contributed by atoms with Gasteiger partial charge < -0.3 is 5.32 Å². The summed E-state index contributed by atoms with van der Waals surface area (Å²) in [5.74, 6) is -0.0765. The lowest BCUT2D eigenvalue weighted by molar-refractivity contribution is -0.120. The molecule has 3 aromatic rings. The summed E-state index contributed by atoms with van der Waals surface area (Å²) in [7, 11) is -3.45. The van der Waals surface area contributed by atoms with Crippen LogP contribution in [0.5, 0.6) is 0 Å². The maximum atomic E-state index is 12.8. The van der Waals surface area contributed by atoms with Gasteiger partial charge in [0.05, 0.1) is 5.75 Å². The Bertz CT molecular complexity index is 1180. The van der Waals surface area contributed by atoms with Crippen molar-refractivity contribution in [3.8, 4) is 11.4 Å². The molecule has 9 nitrogen and oxygen atoms in total. The number of tetrazole rings is 1. The third kappa shape index (κ3) is 6.22. The summed E-state index contributed by atoms with van der Waals surface area (Å²) in [6, 6.07) is 12.9. The predicted molar refractivity (Wildman–Crippen MR) is 123 cm³/mol. The minimum absolute atomic E-state index is 0.164. The smallest absolute Gasteiger partial charge is 0.251 e. The number of nitrogens with zero attached hydrogens (tertiary/aromatic N) is 4. The van der Waals surface area contributed by atoms with E-state index in [4.69, 9.17) is 11.6 Å². The highest BCUT2D eigenvalue weighted by Gasteiger charge is 2.22. The number of carbonyl (C=O) groups is 1. The molecule has 0 aliphatic rings. The average molecular weight is 475 g/mol. The summed E-state index contributed by atoms with van der Waals surface area (Å²) in [5.41, 5.74) is 1.87. The van der Waals surface area contributed by atoms with Crippen molar-refractivity contribution in [2.24, 2.45) is 0 Å². The van der Waals surface area contributed by atoms with Gasteiger partial charge in [0.2, 0.25) is 15.8 Å². The van der Waals surface area contributed by atoms with Crippen molar-refractivity contribution < 1.29 is 13.2 Å². The number of benzene rings is 2. The number of nitrogens with one attached hydrogen (secondary N) is 2. The zero-order chi connectivity index (χ0) is 23.1. The molecule has 0 fully saturated rings. The summed E-state index contributed by atoms with van der Waals surface area (Å²) < 4.78 is 26.4. The van der Waals surface area contributed by atoms with Crippen LogP contribution < -0.4 is 10.0 Å². The molecule has 0 saturated heterocycles. The van der Waals surface area contributed by atoms with Gasteiger partial charge in [0.15, 0.2) is 6.04 Å². The molecule has 0 spiro atoms. The van der Waals surface area contributed by atoms with Crippen molar-refractivity contribution >= 4 is 33.2 Å². The van der Waals surface area contributed by atoms with Gasteiger partial charge in [-0.05, 0) is 53.6 Å². The van der Waals surface area contributed by atoms with E-state index in [0.29, 0.717) is 28.5 Å². The molecule has 1 unspecified atom stereocenters. The van der Waals surface area contributed by atoms with Gasteiger partial charge in [-0.1, -0.05) is 36.7 Å².